The average Bonchev–Trinajstić information content (AvgIpc) is 1.59. The van der Waals surface area contributed by atoms with E-state index >= 15 is 0 Å². The van der Waals surface area contributed by atoms with Gasteiger partial charge in [-0.3, -0.25) is 19.0 Å². The maximum atomic E-state index is 13.6. The number of carboxylic acids is 1. The van der Waals surface area contributed by atoms with E-state index < -0.39 is 63.2 Å². The summed E-state index contributed by atoms with van der Waals surface area (Å²) in [6.45, 7) is 30.1. The Bertz CT molecular complexity index is 6450. The van der Waals surface area contributed by atoms with Crippen molar-refractivity contribution in [3.8, 4) is 0 Å². The van der Waals surface area contributed by atoms with Crippen molar-refractivity contribution in [3.05, 3.63) is 279 Å². The molecule has 9 aromatic rings. The highest BCUT2D eigenvalue weighted by Gasteiger charge is 2.56. The predicted molar refractivity (Wildman–Crippen MR) is 578 cm³/mol. The van der Waals surface area contributed by atoms with Gasteiger partial charge in [0.1, 0.15) is 28.0 Å². The lowest BCUT2D eigenvalue weighted by atomic mass is 9.99. The molecule has 0 unspecified atom stereocenters. The summed E-state index contributed by atoms with van der Waals surface area (Å²) in [5.41, 5.74) is 13.1. The van der Waals surface area contributed by atoms with Gasteiger partial charge in [-0.15, -0.1) is 0 Å². The number of hydrogen-bond acceptors (Lipinski definition) is 23. The third-order valence-corrected chi connectivity index (χ3v) is 29.2. The van der Waals surface area contributed by atoms with Crippen molar-refractivity contribution in [1.29, 1.82) is 0 Å². The first-order chi connectivity index (χ1) is 70.2. The first kappa shape index (κ1) is 116. The van der Waals surface area contributed by atoms with Crippen molar-refractivity contribution in [2.24, 2.45) is 5.73 Å². The van der Waals surface area contributed by atoms with E-state index in [1.165, 1.54) is 32.5 Å². The molecule has 806 valence electrons. The average molecular weight is 2260 g/mol. The largest absolute Gasteiger partial charge is 0.478 e. The van der Waals surface area contributed by atoms with Crippen LogP contribution >= 0.6 is 47.8 Å². The number of carboxylic acid groups (broad SMARTS) is 1. The van der Waals surface area contributed by atoms with Gasteiger partial charge in [0.15, 0.2) is 0 Å². The minimum atomic E-state index is -0.996. The first-order valence-corrected chi connectivity index (χ1v) is 52.9. The highest BCUT2D eigenvalue weighted by Crippen LogP contribution is 2.56. The Morgan fingerprint density at radius 1 is 0.360 bits per heavy atom. The van der Waals surface area contributed by atoms with Crippen LogP contribution in [0.15, 0.2) is 196 Å². The number of methoxy groups -OCH3 is 3. The smallest absolute Gasteiger partial charge is 0.410 e. The molecule has 9 aliphatic rings. The summed E-state index contributed by atoms with van der Waals surface area (Å²) in [4.78, 5) is 145. The lowest BCUT2D eigenvalue weighted by Gasteiger charge is -2.32. The number of alkyl carbamates (subject to hydrolysis) is 1. The van der Waals surface area contributed by atoms with Gasteiger partial charge in [0.25, 0.3) is 11.8 Å². The lowest BCUT2D eigenvalue weighted by Crippen LogP contribution is -2.43. The Labute approximate surface area is 904 Å². The van der Waals surface area contributed by atoms with E-state index in [0.29, 0.717) is 65.4 Å². The van der Waals surface area contributed by atoms with Gasteiger partial charge < -0.3 is 88.8 Å². The second-order valence-electron chi connectivity index (χ2n) is 44.5. The molecule has 7 aliphatic carbocycles. The molecule has 7 aromatic carbocycles. The molecule has 0 saturated heterocycles. The van der Waals surface area contributed by atoms with Gasteiger partial charge in [0.05, 0.1) is 132 Å². The van der Waals surface area contributed by atoms with Crippen LogP contribution in [0.3, 0.4) is 0 Å². The predicted octanol–water partition coefficient (Wildman–Crippen LogP) is 22.0. The maximum Gasteiger partial charge on any atom is 0.410 e. The number of nitrogens with two attached hydrogens (primary N) is 1. The fourth-order valence-electron chi connectivity index (χ4n) is 18.1. The van der Waals surface area contributed by atoms with Crippen LogP contribution in [0.5, 0.6) is 0 Å². The molecule has 0 bridgehead atoms. The Morgan fingerprint density at radius 3 is 0.953 bits per heavy atom. The molecule has 33 nitrogen and oxygen atoms in total. The van der Waals surface area contributed by atoms with Gasteiger partial charge in [-0.1, -0.05) is 133 Å². The zero-order valence-corrected chi connectivity index (χ0v) is 95.1. The van der Waals surface area contributed by atoms with E-state index in [9.17, 15) is 57.8 Å². The fourth-order valence-corrected chi connectivity index (χ4v) is 19.3. The van der Waals surface area contributed by atoms with Crippen molar-refractivity contribution < 1.29 is 95.7 Å². The van der Waals surface area contributed by atoms with Gasteiger partial charge in [0, 0.05) is 65.8 Å². The Balaban J connectivity index is 0.000000159. The van der Waals surface area contributed by atoms with Crippen LogP contribution in [0, 0.1) is 0 Å². The van der Waals surface area contributed by atoms with E-state index in [1.54, 1.807) is 127 Å². The molecule has 0 atom stereocenters. The number of halogens is 3. The van der Waals surface area contributed by atoms with Crippen LogP contribution < -0.4 is 16.4 Å². The number of ether oxygens (including phenoxy) is 8. The normalized spacial score (nSPS) is 16.9. The van der Waals surface area contributed by atoms with E-state index in [4.69, 9.17) is 43.6 Å². The van der Waals surface area contributed by atoms with Crippen LogP contribution in [-0.4, -0.2) is 218 Å². The number of carbonyl (C=O) groups is 11. The molecule has 0 spiro atoms. The lowest BCUT2D eigenvalue weighted by molar-refractivity contribution is 0.0179. The molecular weight excluding hydrogens is 2110 g/mol. The summed E-state index contributed by atoms with van der Waals surface area (Å²) in [6.07, 6.45) is 14.6. The zero-order chi connectivity index (χ0) is 110. The summed E-state index contributed by atoms with van der Waals surface area (Å²) in [6, 6.07) is 53.3. The molecule has 2 aliphatic heterocycles. The maximum absolute atomic E-state index is 13.6. The van der Waals surface area contributed by atoms with Crippen LogP contribution in [0.4, 0.5) is 24.0 Å². The molecule has 150 heavy (non-hydrogen) atoms. The quantitative estimate of drug-likeness (QED) is 0.0431. The van der Waals surface area contributed by atoms with Crippen molar-refractivity contribution >= 4 is 114 Å². The van der Waals surface area contributed by atoms with Crippen molar-refractivity contribution in [2.45, 2.75) is 287 Å². The third-order valence-electron chi connectivity index (χ3n) is 27.7. The Hall–Kier alpha value is -12.5. The first-order valence-electron chi connectivity index (χ1n) is 50.5. The van der Waals surface area contributed by atoms with Gasteiger partial charge in [-0.05, 0) is 325 Å². The van der Waals surface area contributed by atoms with Gasteiger partial charge in [-0.2, -0.15) is 10.2 Å². The third kappa shape index (κ3) is 29.2. The highest BCUT2D eigenvalue weighted by atomic mass is 79.9. The Morgan fingerprint density at radius 2 is 0.647 bits per heavy atom. The molecule has 18 rings (SSSR count). The zero-order valence-electron chi connectivity index (χ0n) is 90.3. The van der Waals surface area contributed by atoms with Crippen molar-refractivity contribution in [2.75, 3.05) is 69.7 Å². The standard InChI is InChI=1S/C24H30N4O5.C23H28N4O5.C17H23NO4.C15H20BrNO2.C14H18BrNO2.C12H15NO2.C9H10BrN/c1-23(2,3)33-22(31)27-11-12-28-19(15-27)18(14-25-28)20(29)26(4)24(9-10-24)17-8-6-7-16(13-17)21(30)32-5;1-22(2,3)32-21(31)26-10-11-27-18(14-26)17(13-24-27)19(28)25(4)23(8-9-23)16-7-5-6-15(12-16)20(29)30;1-16(2,3)22-15(20)18(4)17(9-10-17)13-8-6-7-12(11-13)14(19)21-5;1-14(2,3)19-13(18)17(4)15(8-9-15)11-6-5-7-12(16)10-11;1-13(2,3)18-12(17)16-14(7-8-14)10-5-4-6-11(15)9-10;1-13-12(6-7-12)10-5-3-4-9(8-10)11(14)15-2;10-8-3-1-2-7(6-8)9(11)4-5-9/h6-8,13-14H,9-12,15H2,1-5H3;5-7,12-13H,8-11,14H2,1-4H3,(H,29,30);6-8,11H,9-10H2,1-5H3;5-7,10H,8-9H2,1-4H3;4-6,9H,7-8H2,1-3H3,(H,16,17);3-5,8,13H,6-7H2,1-2H3;1-3,6H,4-5,11H2. The summed E-state index contributed by atoms with van der Waals surface area (Å²) < 4.78 is 48.2. The van der Waals surface area contributed by atoms with Gasteiger partial charge >= 0.3 is 54.3 Å². The molecule has 2 aromatic heterocycles. The summed E-state index contributed by atoms with van der Waals surface area (Å²) in [5.74, 6) is -2.42. The van der Waals surface area contributed by atoms with E-state index in [-0.39, 0.29) is 88.4 Å². The Kier molecular flexibility index (Phi) is 35.9. The molecular formula is C114H144Br3N13O20. The van der Waals surface area contributed by atoms with Gasteiger partial charge in [-0.25, -0.2) is 43.2 Å². The number of esters is 3. The molecule has 7 amide bonds. The van der Waals surface area contributed by atoms with Crippen LogP contribution in [-0.2, 0) is 103 Å². The van der Waals surface area contributed by atoms with Gasteiger partial charge in [0.2, 0.25) is 0 Å². The summed E-state index contributed by atoms with van der Waals surface area (Å²) in [7, 11) is 13.1. The second kappa shape index (κ2) is 46.4. The number of benzene rings is 7. The molecule has 4 heterocycles. The van der Waals surface area contributed by atoms with Crippen LogP contribution in [0.1, 0.15) is 306 Å². The number of aromatic nitrogens is 4. The number of fused-ring (bicyclic) bond motifs is 2. The molecule has 7 fully saturated rings. The second-order valence-corrected chi connectivity index (χ2v) is 47.3. The number of nitrogens with one attached hydrogen (secondary N) is 2. The van der Waals surface area contributed by atoms with Crippen molar-refractivity contribution in [3.63, 3.8) is 0 Å². The van der Waals surface area contributed by atoms with Crippen LogP contribution in [0.2, 0.25) is 0 Å². The summed E-state index contributed by atoms with van der Waals surface area (Å²) in [5, 5.41) is 24.4. The van der Waals surface area contributed by atoms with E-state index in [1.807, 2.05) is 203 Å². The van der Waals surface area contributed by atoms with Crippen LogP contribution in [0.25, 0.3) is 0 Å². The topological polar surface area (TPSA) is 387 Å². The number of hydrogen-bond donors (Lipinski definition) is 4. The fraction of sp³-hybridized carbons (Fsp3) is 0.482. The van der Waals surface area contributed by atoms with E-state index in [2.05, 4.69) is 99.0 Å². The highest BCUT2D eigenvalue weighted by molar-refractivity contribution is 9.11. The van der Waals surface area contributed by atoms with Crippen molar-refractivity contribution in [1.82, 2.24) is 59.6 Å². The summed E-state index contributed by atoms with van der Waals surface area (Å²) >= 11 is 10.4. The molecule has 36 heteroatoms. The monoisotopic (exact) mass is 2250 g/mol. The number of aromatic carboxylic acids is 1. The minimum Gasteiger partial charge on any atom is -0.478 e. The van der Waals surface area contributed by atoms with E-state index in [0.717, 1.165) is 131 Å². The SMILES string of the molecule is CC(C)(C)OC(=O)NC1(c2cccc(Br)c2)CC1.CN(C(=O)OC(C)(C)C)C1(c2cccc(Br)c2)CC1.CN(C(=O)c1cnn2c1CN(C(=O)OC(C)(C)C)CC2)C1(c2cccc(C(=O)O)c2)CC1.CNC1(c2cccc(C(=O)OC)c2)CC1.COC(=O)c1cccc(C2(N(C)C(=O)OC(C)(C)C)CC2)c1.COC(=O)c1cccc(C2(N(C)C(=O)c3cnn4c3CN(C(=O)OC(C)(C)C)CC4)CC2)c1.NC1(c2cccc(Br)c2)CC1. The number of nitrogens with zero attached hydrogens (tertiary/aromatic N) is 10. The number of rotatable bonds is 19. The molecule has 0 radical (unpaired) electrons. The minimum absolute atomic E-state index is 0.00375. The molecule has 5 N–H and O–H groups in total. The number of carbonyl (C=O) groups excluding carboxylic acids is 10. The molecule has 7 saturated carbocycles. The number of amides is 7.